The van der Waals surface area contributed by atoms with E-state index in [9.17, 15) is 9.59 Å². The van der Waals surface area contributed by atoms with Crippen molar-refractivity contribution in [1.82, 2.24) is 10.3 Å². The fraction of sp³-hybridized carbons (Fsp3) is 0.217. The van der Waals surface area contributed by atoms with E-state index in [1.807, 2.05) is 30.3 Å². The molecule has 1 heterocycles. The molecule has 0 saturated heterocycles. The van der Waals surface area contributed by atoms with Crippen molar-refractivity contribution in [2.24, 2.45) is 0 Å². The van der Waals surface area contributed by atoms with Gasteiger partial charge in [-0.05, 0) is 54.2 Å². The molecule has 0 spiro atoms. The van der Waals surface area contributed by atoms with Gasteiger partial charge in [0, 0.05) is 17.8 Å². The van der Waals surface area contributed by atoms with Crippen LogP contribution in [0.4, 0.5) is 0 Å². The third-order valence-corrected chi connectivity index (χ3v) is 5.17. The van der Waals surface area contributed by atoms with Gasteiger partial charge in [0.25, 0.3) is 11.5 Å². The van der Waals surface area contributed by atoms with Crippen molar-refractivity contribution in [2.45, 2.75) is 25.8 Å². The van der Waals surface area contributed by atoms with Crippen LogP contribution in [0.25, 0.3) is 11.3 Å². The topological polar surface area (TPSA) is 71.2 Å². The highest BCUT2D eigenvalue weighted by Crippen LogP contribution is 2.29. The van der Waals surface area contributed by atoms with E-state index in [1.54, 1.807) is 19.2 Å². The Hall–Kier alpha value is -3.34. The van der Waals surface area contributed by atoms with Gasteiger partial charge in [0.2, 0.25) is 0 Å². The lowest BCUT2D eigenvalue weighted by Crippen LogP contribution is -2.29. The van der Waals surface area contributed by atoms with E-state index in [0.717, 1.165) is 36.1 Å². The lowest BCUT2D eigenvalue weighted by atomic mass is 10.0. The molecule has 1 aliphatic carbocycles. The molecule has 1 amide bonds. The average molecular weight is 374 g/mol. The zero-order chi connectivity index (χ0) is 19.5. The molecule has 2 aromatic carbocycles. The van der Waals surface area contributed by atoms with Gasteiger partial charge >= 0.3 is 0 Å². The molecule has 28 heavy (non-hydrogen) atoms. The number of benzene rings is 2. The minimum Gasteiger partial charge on any atom is -0.496 e. The van der Waals surface area contributed by atoms with Crippen LogP contribution < -0.4 is 15.6 Å². The zero-order valence-electron chi connectivity index (χ0n) is 15.7. The van der Waals surface area contributed by atoms with Crippen LogP contribution in [-0.2, 0) is 19.4 Å². The number of aromatic nitrogens is 1. The number of nitrogens with one attached hydrogen (secondary N) is 2. The maximum atomic E-state index is 12.5. The average Bonchev–Trinajstić information content (AvgIpc) is 3.19. The van der Waals surface area contributed by atoms with Crippen LogP contribution >= 0.6 is 0 Å². The summed E-state index contributed by atoms with van der Waals surface area (Å²) in [5.41, 5.74) is 4.83. The quantitative estimate of drug-likeness (QED) is 0.718. The Morgan fingerprint density at radius 1 is 1.07 bits per heavy atom. The molecule has 142 valence electrons. The fourth-order valence-electron chi connectivity index (χ4n) is 3.69. The summed E-state index contributed by atoms with van der Waals surface area (Å²) < 4.78 is 5.48. The van der Waals surface area contributed by atoms with E-state index in [1.165, 1.54) is 11.1 Å². The molecular formula is C23H22N2O3. The summed E-state index contributed by atoms with van der Waals surface area (Å²) in [5.74, 6) is 0.373. The third-order valence-electron chi connectivity index (χ3n) is 5.17. The molecule has 3 aromatic rings. The Morgan fingerprint density at radius 2 is 1.82 bits per heavy atom. The number of aromatic amines is 1. The molecule has 4 rings (SSSR count). The second-order valence-electron chi connectivity index (χ2n) is 6.95. The first kappa shape index (κ1) is 18.0. The summed E-state index contributed by atoms with van der Waals surface area (Å²) in [6.07, 6.45) is 3.28. The maximum Gasteiger partial charge on any atom is 0.261 e. The molecule has 1 aliphatic rings. The van der Waals surface area contributed by atoms with Gasteiger partial charge in [0.05, 0.1) is 7.11 Å². The number of hydrogen-bond acceptors (Lipinski definition) is 3. The smallest absolute Gasteiger partial charge is 0.261 e. The molecular weight excluding hydrogens is 352 g/mol. The van der Waals surface area contributed by atoms with Gasteiger partial charge in [-0.2, -0.15) is 0 Å². The summed E-state index contributed by atoms with van der Waals surface area (Å²) in [4.78, 5) is 27.7. The summed E-state index contributed by atoms with van der Waals surface area (Å²) in [6, 6.07) is 17.0. The Morgan fingerprint density at radius 3 is 2.54 bits per heavy atom. The number of rotatable bonds is 5. The van der Waals surface area contributed by atoms with Gasteiger partial charge in [0.15, 0.2) is 0 Å². The molecule has 0 radical (unpaired) electrons. The highest BCUT2D eigenvalue weighted by molar-refractivity contribution is 5.94. The highest BCUT2D eigenvalue weighted by atomic mass is 16.5. The minimum absolute atomic E-state index is 0.0970. The number of pyridine rings is 1. The van der Waals surface area contributed by atoms with E-state index < -0.39 is 11.5 Å². The lowest BCUT2D eigenvalue weighted by Gasteiger charge is -2.12. The molecule has 5 nitrogen and oxygen atoms in total. The number of carbonyl (C=O) groups is 1. The number of methoxy groups -OCH3 is 1. The molecule has 1 aromatic heterocycles. The lowest BCUT2D eigenvalue weighted by molar-refractivity contribution is 0.0949. The first-order valence-electron chi connectivity index (χ1n) is 9.41. The van der Waals surface area contributed by atoms with E-state index in [0.29, 0.717) is 12.2 Å². The zero-order valence-corrected chi connectivity index (χ0v) is 15.7. The van der Waals surface area contributed by atoms with Crippen molar-refractivity contribution in [3.05, 3.63) is 87.2 Å². The Labute approximate surface area is 163 Å². The molecule has 0 saturated carbocycles. The monoisotopic (exact) mass is 374 g/mol. The van der Waals surface area contributed by atoms with Crippen molar-refractivity contribution in [1.29, 1.82) is 0 Å². The van der Waals surface area contributed by atoms with Crippen LogP contribution in [-0.4, -0.2) is 18.0 Å². The van der Waals surface area contributed by atoms with Crippen LogP contribution in [0.1, 0.15) is 33.5 Å². The van der Waals surface area contributed by atoms with Gasteiger partial charge in [0.1, 0.15) is 11.3 Å². The second kappa shape index (κ2) is 7.72. The van der Waals surface area contributed by atoms with Crippen molar-refractivity contribution in [2.75, 3.05) is 7.11 Å². The molecule has 0 bridgehead atoms. The number of hydrogen-bond donors (Lipinski definition) is 2. The third kappa shape index (κ3) is 3.56. The van der Waals surface area contributed by atoms with Crippen molar-refractivity contribution < 1.29 is 9.53 Å². The minimum atomic E-state index is -0.403. The molecule has 0 aliphatic heterocycles. The van der Waals surface area contributed by atoms with Crippen molar-refractivity contribution >= 4 is 5.91 Å². The molecule has 0 atom stereocenters. The van der Waals surface area contributed by atoms with Gasteiger partial charge in [-0.25, -0.2) is 0 Å². The number of carbonyl (C=O) groups excluding carboxylic acids is 1. The van der Waals surface area contributed by atoms with Crippen molar-refractivity contribution in [3.63, 3.8) is 0 Å². The van der Waals surface area contributed by atoms with E-state index in [4.69, 9.17) is 4.74 Å². The normalized spacial score (nSPS) is 12.5. The largest absolute Gasteiger partial charge is 0.496 e. The van der Waals surface area contributed by atoms with E-state index in [2.05, 4.69) is 22.4 Å². The number of ether oxygens (including phenoxy) is 1. The van der Waals surface area contributed by atoms with Gasteiger partial charge in [-0.3, -0.25) is 9.59 Å². The summed E-state index contributed by atoms with van der Waals surface area (Å²) in [5, 5.41) is 2.84. The van der Waals surface area contributed by atoms with Crippen LogP contribution in [0.3, 0.4) is 0 Å². The van der Waals surface area contributed by atoms with Crippen LogP contribution in [0.5, 0.6) is 5.75 Å². The number of H-pyrrole nitrogens is 1. The standard InChI is InChI=1S/C23H22N2O3/c1-28-21-13-17-9-5-8-16(17)12-18(21)14-24-22(26)19-10-11-20(25-23(19)27)15-6-3-2-4-7-15/h2-4,6-7,10-13H,5,8-9,14H2,1H3,(H,24,26)(H,25,27). The van der Waals surface area contributed by atoms with Gasteiger partial charge in [-0.1, -0.05) is 36.4 Å². The first-order chi connectivity index (χ1) is 13.7. The van der Waals surface area contributed by atoms with E-state index >= 15 is 0 Å². The molecule has 0 fully saturated rings. The Balaban J connectivity index is 1.51. The van der Waals surface area contributed by atoms with E-state index in [-0.39, 0.29) is 5.56 Å². The van der Waals surface area contributed by atoms with Crippen LogP contribution in [0.15, 0.2) is 59.4 Å². The van der Waals surface area contributed by atoms with Gasteiger partial charge in [-0.15, -0.1) is 0 Å². The SMILES string of the molecule is COc1cc2c(cc1CNC(=O)c1ccc(-c3ccccc3)[nH]c1=O)CCC2. The Bertz CT molecular complexity index is 1070. The number of amides is 1. The van der Waals surface area contributed by atoms with Crippen molar-refractivity contribution in [3.8, 4) is 17.0 Å². The molecule has 5 heteroatoms. The molecule has 0 unspecified atom stereocenters. The van der Waals surface area contributed by atoms with Crippen LogP contribution in [0, 0.1) is 0 Å². The highest BCUT2D eigenvalue weighted by Gasteiger charge is 2.17. The summed E-state index contributed by atoms with van der Waals surface area (Å²) >= 11 is 0. The number of aryl methyl sites for hydroxylation is 2. The number of fused-ring (bicyclic) bond motifs is 1. The fourth-order valence-corrected chi connectivity index (χ4v) is 3.69. The predicted molar refractivity (Wildman–Crippen MR) is 109 cm³/mol. The van der Waals surface area contributed by atoms with Crippen LogP contribution in [0.2, 0.25) is 0 Å². The Kier molecular flexibility index (Phi) is 4.98. The second-order valence-corrected chi connectivity index (χ2v) is 6.95. The van der Waals surface area contributed by atoms with Gasteiger partial charge < -0.3 is 15.0 Å². The summed E-state index contributed by atoms with van der Waals surface area (Å²) in [6.45, 7) is 0.315. The molecule has 2 N–H and O–H groups in total. The first-order valence-corrected chi connectivity index (χ1v) is 9.41. The predicted octanol–water partition coefficient (Wildman–Crippen LogP) is 3.47. The maximum absolute atomic E-state index is 12.5. The summed E-state index contributed by atoms with van der Waals surface area (Å²) in [7, 11) is 1.63.